The molecule has 1 aromatic heterocycles. The number of nitrogens with one attached hydrogen (secondary N) is 1. The molecule has 0 radical (unpaired) electrons. The van der Waals surface area contributed by atoms with Gasteiger partial charge in [-0.05, 0) is 37.0 Å². The fraction of sp³-hybridized carbons (Fsp3) is 0.588. The highest BCUT2D eigenvalue weighted by atomic mass is 16.2. The van der Waals surface area contributed by atoms with E-state index in [9.17, 15) is 9.59 Å². The van der Waals surface area contributed by atoms with Gasteiger partial charge in [-0.3, -0.25) is 14.6 Å². The maximum atomic E-state index is 12.2. The number of likely N-dealkylation sites (tertiary alicyclic amines) is 1. The summed E-state index contributed by atoms with van der Waals surface area (Å²) >= 11 is 0. The Hall–Kier alpha value is -1.91. The maximum absolute atomic E-state index is 12.2. The predicted octanol–water partition coefficient (Wildman–Crippen LogP) is 2.13. The largest absolute Gasteiger partial charge is 0.352 e. The second-order valence-electron chi connectivity index (χ2n) is 5.83. The molecule has 2 rings (SSSR count). The zero-order chi connectivity index (χ0) is 15.8. The minimum atomic E-state index is 0.0251. The molecule has 5 nitrogen and oxygen atoms in total. The Bertz CT molecular complexity index is 482. The number of carbonyl (C=O) groups is 2. The molecule has 0 bridgehead atoms. The smallest absolute Gasteiger partial charge is 0.223 e. The molecule has 0 atom stereocenters. The number of unbranched alkanes of at least 4 members (excludes halogenated alkanes) is 1. The van der Waals surface area contributed by atoms with Crippen LogP contribution < -0.4 is 5.32 Å². The summed E-state index contributed by atoms with van der Waals surface area (Å²) in [6.07, 6.45) is 7.60. The molecule has 1 aromatic rings. The summed E-state index contributed by atoms with van der Waals surface area (Å²) < 4.78 is 0. The normalized spacial score (nSPS) is 15.6. The van der Waals surface area contributed by atoms with E-state index in [4.69, 9.17) is 0 Å². The van der Waals surface area contributed by atoms with E-state index in [0.717, 1.165) is 31.2 Å². The Morgan fingerprint density at radius 1 is 1.27 bits per heavy atom. The Morgan fingerprint density at radius 2 is 1.95 bits per heavy atom. The number of piperidine rings is 1. The molecule has 2 heterocycles. The lowest BCUT2D eigenvalue weighted by molar-refractivity contribution is -0.135. The SMILES string of the molecule is CCCCC(=O)N1CCC(C(=O)NCc2ccncc2)CC1. The third kappa shape index (κ3) is 4.83. The van der Waals surface area contributed by atoms with Crippen LogP contribution in [0.25, 0.3) is 0 Å². The van der Waals surface area contributed by atoms with Gasteiger partial charge in [0.25, 0.3) is 0 Å². The number of hydrogen-bond acceptors (Lipinski definition) is 3. The summed E-state index contributed by atoms with van der Waals surface area (Å²) in [5.74, 6) is 0.354. The van der Waals surface area contributed by atoms with Crippen LogP contribution in [-0.2, 0) is 16.1 Å². The van der Waals surface area contributed by atoms with Crippen molar-refractivity contribution in [2.45, 2.75) is 45.6 Å². The van der Waals surface area contributed by atoms with E-state index in [1.165, 1.54) is 0 Å². The van der Waals surface area contributed by atoms with Crippen LogP contribution in [0.15, 0.2) is 24.5 Å². The molecular weight excluding hydrogens is 278 g/mol. The summed E-state index contributed by atoms with van der Waals surface area (Å²) in [5, 5.41) is 2.98. The van der Waals surface area contributed by atoms with Crippen LogP contribution in [0.4, 0.5) is 0 Å². The van der Waals surface area contributed by atoms with Gasteiger partial charge in [-0.15, -0.1) is 0 Å². The minimum absolute atomic E-state index is 0.0251. The van der Waals surface area contributed by atoms with Gasteiger partial charge in [0, 0.05) is 44.4 Å². The van der Waals surface area contributed by atoms with Gasteiger partial charge in [0.1, 0.15) is 0 Å². The summed E-state index contributed by atoms with van der Waals surface area (Å²) in [6.45, 7) is 4.04. The Morgan fingerprint density at radius 3 is 2.59 bits per heavy atom. The van der Waals surface area contributed by atoms with E-state index in [1.807, 2.05) is 17.0 Å². The van der Waals surface area contributed by atoms with Gasteiger partial charge in [0.2, 0.25) is 11.8 Å². The van der Waals surface area contributed by atoms with E-state index < -0.39 is 0 Å². The van der Waals surface area contributed by atoms with Gasteiger partial charge in [-0.1, -0.05) is 13.3 Å². The van der Waals surface area contributed by atoms with E-state index in [1.54, 1.807) is 12.4 Å². The van der Waals surface area contributed by atoms with Crippen LogP contribution >= 0.6 is 0 Å². The van der Waals surface area contributed by atoms with Gasteiger partial charge < -0.3 is 10.2 Å². The summed E-state index contributed by atoms with van der Waals surface area (Å²) in [6, 6.07) is 3.80. The highest BCUT2D eigenvalue weighted by molar-refractivity contribution is 5.80. The van der Waals surface area contributed by atoms with Crippen LogP contribution in [0, 0.1) is 5.92 Å². The molecule has 1 saturated heterocycles. The van der Waals surface area contributed by atoms with Gasteiger partial charge in [-0.25, -0.2) is 0 Å². The quantitative estimate of drug-likeness (QED) is 0.875. The third-order valence-electron chi connectivity index (χ3n) is 4.18. The fourth-order valence-corrected chi connectivity index (χ4v) is 2.71. The van der Waals surface area contributed by atoms with E-state index in [-0.39, 0.29) is 17.7 Å². The van der Waals surface area contributed by atoms with Crippen molar-refractivity contribution in [1.82, 2.24) is 15.2 Å². The van der Waals surface area contributed by atoms with Crippen molar-refractivity contribution in [2.24, 2.45) is 5.92 Å². The summed E-state index contributed by atoms with van der Waals surface area (Å²) in [5.41, 5.74) is 1.05. The van der Waals surface area contributed by atoms with Crippen molar-refractivity contribution in [2.75, 3.05) is 13.1 Å². The average molecular weight is 303 g/mol. The Balaban J connectivity index is 1.72. The number of amides is 2. The molecule has 1 fully saturated rings. The lowest BCUT2D eigenvalue weighted by Crippen LogP contribution is -2.42. The van der Waals surface area contributed by atoms with Crippen LogP contribution in [0.5, 0.6) is 0 Å². The van der Waals surface area contributed by atoms with Crippen LogP contribution in [0.3, 0.4) is 0 Å². The lowest BCUT2D eigenvalue weighted by Gasteiger charge is -2.31. The van der Waals surface area contributed by atoms with Gasteiger partial charge in [-0.2, -0.15) is 0 Å². The molecule has 0 saturated carbocycles. The molecule has 1 N–H and O–H groups in total. The molecule has 0 aromatic carbocycles. The van der Waals surface area contributed by atoms with Gasteiger partial charge in [0.15, 0.2) is 0 Å². The number of aromatic nitrogens is 1. The van der Waals surface area contributed by atoms with Crippen LogP contribution in [0.1, 0.15) is 44.6 Å². The number of rotatable bonds is 6. The molecule has 1 aliphatic heterocycles. The molecule has 5 heteroatoms. The van der Waals surface area contributed by atoms with Gasteiger partial charge >= 0.3 is 0 Å². The molecule has 0 unspecified atom stereocenters. The predicted molar refractivity (Wildman–Crippen MR) is 84.9 cm³/mol. The standard InChI is InChI=1S/C17H25N3O2/c1-2-3-4-16(21)20-11-7-15(8-12-20)17(22)19-13-14-5-9-18-10-6-14/h5-6,9-10,15H,2-4,7-8,11-13H2,1H3,(H,19,22). The van der Waals surface area contributed by atoms with Crippen molar-refractivity contribution >= 4 is 11.8 Å². The highest BCUT2D eigenvalue weighted by Gasteiger charge is 2.26. The maximum Gasteiger partial charge on any atom is 0.223 e. The lowest BCUT2D eigenvalue weighted by atomic mass is 9.95. The van der Waals surface area contributed by atoms with Crippen molar-refractivity contribution < 1.29 is 9.59 Å². The number of nitrogens with zero attached hydrogens (tertiary/aromatic N) is 2. The fourth-order valence-electron chi connectivity index (χ4n) is 2.71. The second-order valence-corrected chi connectivity index (χ2v) is 5.83. The zero-order valence-corrected chi connectivity index (χ0v) is 13.3. The first-order chi connectivity index (χ1) is 10.7. The summed E-state index contributed by atoms with van der Waals surface area (Å²) in [7, 11) is 0. The average Bonchev–Trinajstić information content (AvgIpc) is 2.58. The monoisotopic (exact) mass is 303 g/mol. The van der Waals surface area contributed by atoms with Crippen molar-refractivity contribution in [3.05, 3.63) is 30.1 Å². The molecule has 22 heavy (non-hydrogen) atoms. The van der Waals surface area contributed by atoms with E-state index in [2.05, 4.69) is 17.2 Å². The zero-order valence-electron chi connectivity index (χ0n) is 13.3. The molecule has 1 aliphatic rings. The first kappa shape index (κ1) is 16.5. The first-order valence-corrected chi connectivity index (χ1v) is 8.15. The van der Waals surface area contributed by atoms with Gasteiger partial charge in [0.05, 0.1) is 0 Å². The third-order valence-corrected chi connectivity index (χ3v) is 4.18. The van der Waals surface area contributed by atoms with Crippen LogP contribution in [0.2, 0.25) is 0 Å². The molecule has 0 spiro atoms. The van der Waals surface area contributed by atoms with Crippen molar-refractivity contribution in [3.63, 3.8) is 0 Å². The van der Waals surface area contributed by atoms with E-state index >= 15 is 0 Å². The molecule has 0 aliphatic carbocycles. The van der Waals surface area contributed by atoms with Crippen molar-refractivity contribution in [3.8, 4) is 0 Å². The van der Waals surface area contributed by atoms with Crippen LogP contribution in [-0.4, -0.2) is 34.8 Å². The second kappa shape index (κ2) is 8.51. The molecule has 120 valence electrons. The Labute approximate surface area is 132 Å². The number of hydrogen-bond donors (Lipinski definition) is 1. The molecule has 2 amide bonds. The van der Waals surface area contributed by atoms with Crippen molar-refractivity contribution in [1.29, 1.82) is 0 Å². The Kier molecular flexibility index (Phi) is 6.37. The minimum Gasteiger partial charge on any atom is -0.352 e. The topological polar surface area (TPSA) is 62.3 Å². The first-order valence-electron chi connectivity index (χ1n) is 8.15. The van der Waals surface area contributed by atoms with E-state index in [0.29, 0.717) is 26.1 Å². The number of pyridine rings is 1. The summed E-state index contributed by atoms with van der Waals surface area (Å²) in [4.78, 5) is 30.0. The molecular formula is C17H25N3O2. The number of carbonyl (C=O) groups excluding carboxylic acids is 2. The highest BCUT2D eigenvalue weighted by Crippen LogP contribution is 2.18.